The fourth-order valence-electron chi connectivity index (χ4n) is 2.22. The lowest BCUT2D eigenvalue weighted by Gasteiger charge is -2.05. The summed E-state index contributed by atoms with van der Waals surface area (Å²) in [5.41, 5.74) is 2.66. The Hall–Kier alpha value is -2.66. The van der Waals surface area contributed by atoms with Crippen molar-refractivity contribution >= 4 is 16.2 Å². The van der Waals surface area contributed by atoms with Crippen LogP contribution in [0.3, 0.4) is 0 Å². The quantitative estimate of drug-likeness (QED) is 0.689. The Kier molecular flexibility index (Phi) is 4.12. The topological polar surface area (TPSA) is 51.4 Å². The summed E-state index contributed by atoms with van der Waals surface area (Å²) in [7, 11) is -3.70. The average Bonchev–Trinajstić information content (AvgIpc) is 3.03. The summed E-state index contributed by atoms with van der Waals surface area (Å²) < 4.78 is 30.3. The molecule has 0 aliphatic carbocycles. The molecule has 0 unspecified atom stereocenters. The van der Waals surface area contributed by atoms with Gasteiger partial charge in [0.15, 0.2) is 0 Å². The van der Waals surface area contributed by atoms with Crippen LogP contribution < -0.4 is 0 Å². The van der Waals surface area contributed by atoms with Gasteiger partial charge in [0.1, 0.15) is 0 Å². The van der Waals surface area contributed by atoms with Gasteiger partial charge in [-0.15, -0.1) is 0 Å². The zero-order valence-electron chi connectivity index (χ0n) is 12.6. The summed E-state index contributed by atoms with van der Waals surface area (Å²) in [6.45, 7) is 1.91. The smallest absolute Gasteiger partial charge is 0.282 e. The van der Waals surface area contributed by atoms with E-state index in [4.69, 9.17) is 0 Å². The number of rotatable bonds is 4. The normalized spacial score (nSPS) is 11.9. The van der Waals surface area contributed by atoms with Crippen molar-refractivity contribution in [3.8, 4) is 5.69 Å². The molecule has 0 fully saturated rings. The first kappa shape index (κ1) is 15.2. The van der Waals surface area contributed by atoms with Gasteiger partial charge in [-0.1, -0.05) is 35.9 Å². The van der Waals surface area contributed by atoms with Crippen LogP contribution in [-0.2, 0) is 10.0 Å². The molecule has 4 nitrogen and oxygen atoms in total. The standard InChI is InChI=1S/C18H16N2O2S/c1-15-9-11-18(12-10-15)23(21,22)19-14-17-8-5-13-20(17)16-6-3-2-4-7-16/h2-14H,1H3. The average molecular weight is 324 g/mol. The third-order valence-electron chi connectivity index (χ3n) is 3.46. The number of aryl methyl sites for hydroxylation is 1. The van der Waals surface area contributed by atoms with Gasteiger partial charge in [0.25, 0.3) is 10.0 Å². The maximum atomic E-state index is 12.3. The van der Waals surface area contributed by atoms with E-state index < -0.39 is 10.0 Å². The molecule has 2 aromatic carbocycles. The summed E-state index contributed by atoms with van der Waals surface area (Å²) >= 11 is 0. The van der Waals surface area contributed by atoms with E-state index >= 15 is 0 Å². The van der Waals surface area contributed by atoms with Gasteiger partial charge in [-0.2, -0.15) is 12.8 Å². The summed E-state index contributed by atoms with van der Waals surface area (Å²) in [5, 5.41) is 0. The Balaban J connectivity index is 1.92. The number of hydrogen-bond acceptors (Lipinski definition) is 2. The van der Waals surface area contributed by atoms with Gasteiger partial charge in [0.2, 0.25) is 0 Å². The molecule has 0 amide bonds. The van der Waals surface area contributed by atoms with Gasteiger partial charge in [-0.05, 0) is 43.3 Å². The van der Waals surface area contributed by atoms with Gasteiger partial charge in [-0.25, -0.2) is 0 Å². The van der Waals surface area contributed by atoms with Crippen LogP contribution in [0.4, 0.5) is 0 Å². The third kappa shape index (κ3) is 3.40. The van der Waals surface area contributed by atoms with Crippen molar-refractivity contribution in [2.45, 2.75) is 11.8 Å². The van der Waals surface area contributed by atoms with Crippen LogP contribution in [0.1, 0.15) is 11.3 Å². The molecule has 0 aliphatic rings. The highest BCUT2D eigenvalue weighted by Gasteiger charge is 2.11. The lowest BCUT2D eigenvalue weighted by Crippen LogP contribution is -2.01. The number of aromatic nitrogens is 1. The molecule has 0 bridgehead atoms. The minimum absolute atomic E-state index is 0.192. The molecule has 0 saturated heterocycles. The van der Waals surface area contributed by atoms with Gasteiger partial charge in [-0.3, -0.25) is 0 Å². The molecular weight excluding hydrogens is 308 g/mol. The summed E-state index contributed by atoms with van der Waals surface area (Å²) in [6, 6.07) is 20.0. The number of benzene rings is 2. The van der Waals surface area contributed by atoms with Crippen LogP contribution in [0.25, 0.3) is 5.69 Å². The van der Waals surface area contributed by atoms with E-state index in [9.17, 15) is 8.42 Å². The van der Waals surface area contributed by atoms with E-state index in [-0.39, 0.29) is 4.90 Å². The molecule has 3 rings (SSSR count). The molecule has 0 N–H and O–H groups in total. The fourth-order valence-corrected chi connectivity index (χ4v) is 3.07. The van der Waals surface area contributed by atoms with E-state index in [1.165, 1.54) is 6.21 Å². The highest BCUT2D eigenvalue weighted by atomic mass is 32.2. The SMILES string of the molecule is Cc1ccc(S(=O)(=O)N=Cc2cccn2-c2ccccc2)cc1. The molecule has 1 heterocycles. The molecule has 0 saturated carbocycles. The number of hydrogen-bond donors (Lipinski definition) is 0. The molecule has 23 heavy (non-hydrogen) atoms. The van der Waals surface area contributed by atoms with Crippen molar-refractivity contribution in [2.75, 3.05) is 0 Å². The Labute approximate surface area is 135 Å². The molecule has 0 spiro atoms. The zero-order chi connectivity index (χ0) is 16.3. The number of para-hydroxylation sites is 1. The monoisotopic (exact) mass is 324 g/mol. The van der Waals surface area contributed by atoms with Gasteiger partial charge >= 0.3 is 0 Å². The summed E-state index contributed by atoms with van der Waals surface area (Å²) in [6.07, 6.45) is 3.25. The molecule has 0 aliphatic heterocycles. The second kappa shape index (κ2) is 6.22. The van der Waals surface area contributed by atoms with E-state index in [1.54, 1.807) is 24.3 Å². The van der Waals surface area contributed by atoms with Crippen molar-refractivity contribution in [1.29, 1.82) is 0 Å². The molecule has 3 aromatic rings. The lowest BCUT2D eigenvalue weighted by molar-refractivity contribution is 0.598. The Morgan fingerprint density at radius 3 is 2.30 bits per heavy atom. The van der Waals surface area contributed by atoms with Crippen LogP contribution in [0.5, 0.6) is 0 Å². The van der Waals surface area contributed by atoms with Gasteiger partial charge in [0, 0.05) is 11.9 Å². The van der Waals surface area contributed by atoms with Crippen molar-refractivity contribution in [3.05, 3.63) is 84.2 Å². The second-order valence-corrected chi connectivity index (χ2v) is 6.79. The van der Waals surface area contributed by atoms with Crippen molar-refractivity contribution < 1.29 is 8.42 Å². The predicted octanol–water partition coefficient (Wildman–Crippen LogP) is 3.59. The predicted molar refractivity (Wildman–Crippen MR) is 91.7 cm³/mol. The van der Waals surface area contributed by atoms with E-state index in [0.717, 1.165) is 11.3 Å². The summed E-state index contributed by atoms with van der Waals surface area (Å²) in [4.78, 5) is 0.192. The zero-order valence-corrected chi connectivity index (χ0v) is 13.4. The highest BCUT2D eigenvalue weighted by Crippen LogP contribution is 2.15. The van der Waals surface area contributed by atoms with Gasteiger partial charge < -0.3 is 4.57 Å². The molecule has 5 heteroatoms. The summed E-state index contributed by atoms with van der Waals surface area (Å²) in [5.74, 6) is 0. The maximum absolute atomic E-state index is 12.3. The molecule has 116 valence electrons. The highest BCUT2D eigenvalue weighted by molar-refractivity contribution is 7.90. The Bertz CT molecular complexity index is 925. The first-order valence-electron chi connectivity index (χ1n) is 7.16. The number of sulfonamides is 1. The van der Waals surface area contributed by atoms with E-state index in [1.807, 2.05) is 60.2 Å². The largest absolute Gasteiger partial charge is 0.316 e. The fraction of sp³-hybridized carbons (Fsp3) is 0.0556. The maximum Gasteiger partial charge on any atom is 0.282 e. The van der Waals surface area contributed by atoms with Crippen molar-refractivity contribution in [2.24, 2.45) is 4.40 Å². The van der Waals surface area contributed by atoms with Crippen LogP contribution in [0, 0.1) is 6.92 Å². The Morgan fingerprint density at radius 1 is 0.913 bits per heavy atom. The lowest BCUT2D eigenvalue weighted by atomic mass is 10.2. The van der Waals surface area contributed by atoms with E-state index in [2.05, 4.69) is 4.40 Å². The van der Waals surface area contributed by atoms with Crippen LogP contribution in [-0.4, -0.2) is 19.2 Å². The first-order valence-corrected chi connectivity index (χ1v) is 8.60. The molecule has 0 radical (unpaired) electrons. The molecule has 0 atom stereocenters. The Morgan fingerprint density at radius 2 is 1.61 bits per heavy atom. The van der Waals surface area contributed by atoms with Gasteiger partial charge in [0.05, 0.1) is 16.8 Å². The molecular formula is C18H16N2O2S. The van der Waals surface area contributed by atoms with E-state index in [0.29, 0.717) is 5.69 Å². The third-order valence-corrected chi connectivity index (χ3v) is 4.71. The van der Waals surface area contributed by atoms with Crippen LogP contribution >= 0.6 is 0 Å². The minimum Gasteiger partial charge on any atom is -0.316 e. The first-order chi connectivity index (χ1) is 11.1. The van der Waals surface area contributed by atoms with Crippen molar-refractivity contribution in [3.63, 3.8) is 0 Å². The van der Waals surface area contributed by atoms with Crippen LogP contribution in [0.2, 0.25) is 0 Å². The molecule has 1 aromatic heterocycles. The minimum atomic E-state index is -3.70. The number of nitrogens with zero attached hydrogens (tertiary/aromatic N) is 2. The van der Waals surface area contributed by atoms with Crippen molar-refractivity contribution in [1.82, 2.24) is 4.57 Å². The van der Waals surface area contributed by atoms with Crippen LogP contribution in [0.15, 0.2) is 82.2 Å². The second-order valence-electron chi connectivity index (χ2n) is 5.16.